The molecule has 0 aliphatic heterocycles. The molecule has 0 aromatic heterocycles. The van der Waals surface area contributed by atoms with Gasteiger partial charge in [-0.25, -0.2) is 0 Å². The molecule has 0 aliphatic carbocycles. The normalized spacial score (nSPS) is 14.0. The number of carbonyl (C=O) groups is 1. The Morgan fingerprint density at radius 1 is 1.29 bits per heavy atom. The van der Waals surface area contributed by atoms with Crippen LogP contribution in [0.4, 0.5) is 5.69 Å². The van der Waals surface area contributed by atoms with Crippen molar-refractivity contribution in [3.63, 3.8) is 0 Å². The lowest BCUT2D eigenvalue weighted by atomic mass is 9.75. The van der Waals surface area contributed by atoms with Crippen LogP contribution in [0.15, 0.2) is 24.3 Å². The highest BCUT2D eigenvalue weighted by Gasteiger charge is 2.38. The summed E-state index contributed by atoms with van der Waals surface area (Å²) in [5, 5.41) is 0. The third kappa shape index (κ3) is 5.05. The number of nitrogens with two attached hydrogens (primary N) is 2. The maximum absolute atomic E-state index is 12.4. The van der Waals surface area contributed by atoms with Crippen molar-refractivity contribution >= 4 is 11.7 Å². The lowest BCUT2D eigenvalue weighted by Crippen LogP contribution is -2.41. The number of ether oxygens (including phenoxy) is 1. The molecule has 21 heavy (non-hydrogen) atoms. The average Bonchev–Trinajstić information content (AvgIpc) is 2.45. The second-order valence-electron chi connectivity index (χ2n) is 6.04. The van der Waals surface area contributed by atoms with Crippen LogP contribution in [-0.4, -0.2) is 19.1 Å². The summed E-state index contributed by atoms with van der Waals surface area (Å²) in [5.41, 5.74) is 13.0. The van der Waals surface area contributed by atoms with Crippen molar-refractivity contribution in [1.29, 1.82) is 0 Å². The van der Waals surface area contributed by atoms with E-state index in [0.29, 0.717) is 25.5 Å². The molecule has 4 nitrogen and oxygen atoms in total. The Hall–Kier alpha value is -1.55. The van der Waals surface area contributed by atoms with Gasteiger partial charge in [-0.1, -0.05) is 26.0 Å². The number of nitrogen functional groups attached to an aromatic ring is 1. The largest absolute Gasteiger partial charge is 0.466 e. The molecule has 0 saturated carbocycles. The van der Waals surface area contributed by atoms with Crippen LogP contribution in [0.3, 0.4) is 0 Å². The Morgan fingerprint density at radius 3 is 2.38 bits per heavy atom. The Labute approximate surface area is 127 Å². The second-order valence-corrected chi connectivity index (χ2v) is 6.04. The van der Waals surface area contributed by atoms with Crippen LogP contribution in [0.25, 0.3) is 0 Å². The van der Waals surface area contributed by atoms with Gasteiger partial charge in [-0.2, -0.15) is 0 Å². The fourth-order valence-corrected chi connectivity index (χ4v) is 2.69. The molecular weight excluding hydrogens is 264 g/mol. The number of hydrogen-bond acceptors (Lipinski definition) is 4. The fraction of sp³-hybridized carbons (Fsp3) is 0.588. The molecule has 0 heterocycles. The van der Waals surface area contributed by atoms with Gasteiger partial charge in [0.2, 0.25) is 0 Å². The number of benzene rings is 1. The number of esters is 1. The zero-order valence-corrected chi connectivity index (χ0v) is 13.4. The lowest BCUT2D eigenvalue weighted by molar-refractivity contribution is -0.156. The minimum Gasteiger partial charge on any atom is -0.466 e. The van der Waals surface area contributed by atoms with Gasteiger partial charge in [0, 0.05) is 12.2 Å². The lowest BCUT2D eigenvalue weighted by Gasteiger charge is -2.31. The van der Waals surface area contributed by atoms with Gasteiger partial charge in [-0.3, -0.25) is 4.79 Å². The Kier molecular flexibility index (Phi) is 6.69. The molecule has 0 spiro atoms. The molecule has 0 amide bonds. The van der Waals surface area contributed by atoms with E-state index < -0.39 is 5.41 Å². The molecule has 1 aromatic carbocycles. The summed E-state index contributed by atoms with van der Waals surface area (Å²) in [6.07, 6.45) is 2.24. The Balaban J connectivity index is 2.84. The highest BCUT2D eigenvalue weighted by atomic mass is 16.5. The SMILES string of the molecule is CCOC(=O)C(CN)(CCc1ccc(N)cc1)CC(C)C. The zero-order valence-electron chi connectivity index (χ0n) is 13.4. The Bertz CT molecular complexity index is 443. The van der Waals surface area contributed by atoms with Gasteiger partial charge in [0.25, 0.3) is 0 Å². The molecule has 4 heteroatoms. The van der Waals surface area contributed by atoms with Crippen LogP contribution in [0.5, 0.6) is 0 Å². The van der Waals surface area contributed by atoms with Crippen LogP contribution in [0, 0.1) is 11.3 Å². The van der Waals surface area contributed by atoms with Gasteiger partial charge in [-0.15, -0.1) is 0 Å². The van der Waals surface area contributed by atoms with Crippen molar-refractivity contribution in [3.8, 4) is 0 Å². The molecule has 0 aliphatic rings. The van der Waals surface area contributed by atoms with Crippen molar-refractivity contribution in [2.75, 3.05) is 18.9 Å². The monoisotopic (exact) mass is 292 g/mol. The summed E-state index contributed by atoms with van der Waals surface area (Å²) < 4.78 is 5.27. The standard InChI is InChI=1S/C17H28N2O2/c1-4-21-16(20)17(12-18,11-13(2)3)10-9-14-5-7-15(19)8-6-14/h5-8,13H,4,9-12,18-19H2,1-3H3. The van der Waals surface area contributed by atoms with Crippen LogP contribution < -0.4 is 11.5 Å². The minimum atomic E-state index is -0.592. The van der Waals surface area contributed by atoms with E-state index >= 15 is 0 Å². The smallest absolute Gasteiger partial charge is 0.313 e. The van der Waals surface area contributed by atoms with E-state index in [4.69, 9.17) is 16.2 Å². The van der Waals surface area contributed by atoms with Crippen molar-refractivity contribution < 1.29 is 9.53 Å². The van der Waals surface area contributed by atoms with E-state index in [2.05, 4.69) is 13.8 Å². The quantitative estimate of drug-likeness (QED) is 0.570. The van der Waals surface area contributed by atoms with Gasteiger partial charge < -0.3 is 16.2 Å². The second kappa shape index (κ2) is 8.03. The van der Waals surface area contributed by atoms with E-state index in [1.807, 2.05) is 31.2 Å². The maximum Gasteiger partial charge on any atom is 0.313 e. The third-order valence-electron chi connectivity index (χ3n) is 3.77. The summed E-state index contributed by atoms with van der Waals surface area (Å²) >= 11 is 0. The summed E-state index contributed by atoms with van der Waals surface area (Å²) in [6.45, 7) is 6.74. The van der Waals surface area contributed by atoms with Gasteiger partial charge in [0.05, 0.1) is 12.0 Å². The number of rotatable bonds is 8. The van der Waals surface area contributed by atoms with Crippen LogP contribution in [-0.2, 0) is 16.0 Å². The van der Waals surface area contributed by atoms with Crippen LogP contribution >= 0.6 is 0 Å². The van der Waals surface area contributed by atoms with Gasteiger partial charge >= 0.3 is 5.97 Å². The predicted octanol–water partition coefficient (Wildman–Crippen LogP) is 2.76. The molecule has 0 saturated heterocycles. The first-order valence-electron chi connectivity index (χ1n) is 7.65. The van der Waals surface area contributed by atoms with E-state index in [1.54, 1.807) is 0 Å². The fourth-order valence-electron chi connectivity index (χ4n) is 2.69. The predicted molar refractivity (Wildman–Crippen MR) is 86.8 cm³/mol. The Morgan fingerprint density at radius 2 is 1.90 bits per heavy atom. The van der Waals surface area contributed by atoms with E-state index in [9.17, 15) is 4.79 Å². The molecule has 118 valence electrons. The average molecular weight is 292 g/mol. The third-order valence-corrected chi connectivity index (χ3v) is 3.77. The highest BCUT2D eigenvalue weighted by Crippen LogP contribution is 2.32. The molecule has 1 atom stereocenters. The molecule has 0 bridgehead atoms. The molecule has 0 radical (unpaired) electrons. The summed E-state index contributed by atoms with van der Waals surface area (Å²) in [5.74, 6) is 0.223. The topological polar surface area (TPSA) is 78.3 Å². The van der Waals surface area contributed by atoms with Crippen LogP contribution in [0.2, 0.25) is 0 Å². The maximum atomic E-state index is 12.4. The van der Waals surface area contributed by atoms with Crippen LogP contribution in [0.1, 0.15) is 39.2 Å². The van der Waals surface area contributed by atoms with Crippen molar-refractivity contribution in [2.24, 2.45) is 17.1 Å². The summed E-state index contributed by atoms with van der Waals surface area (Å²) in [4.78, 5) is 12.4. The van der Waals surface area contributed by atoms with Gasteiger partial charge in [0.1, 0.15) is 0 Å². The summed E-state index contributed by atoms with van der Waals surface area (Å²) in [6, 6.07) is 7.76. The molecule has 0 fully saturated rings. The zero-order chi connectivity index (χ0) is 15.9. The van der Waals surface area contributed by atoms with E-state index in [-0.39, 0.29) is 5.97 Å². The number of aryl methyl sites for hydroxylation is 1. The number of anilines is 1. The molecule has 1 aromatic rings. The summed E-state index contributed by atoms with van der Waals surface area (Å²) in [7, 11) is 0. The molecule has 1 rings (SSSR count). The first-order valence-corrected chi connectivity index (χ1v) is 7.65. The van der Waals surface area contributed by atoms with Gasteiger partial charge in [0.15, 0.2) is 0 Å². The molecular formula is C17H28N2O2. The van der Waals surface area contributed by atoms with E-state index in [1.165, 1.54) is 0 Å². The van der Waals surface area contributed by atoms with Crippen molar-refractivity contribution in [1.82, 2.24) is 0 Å². The van der Waals surface area contributed by atoms with Crippen molar-refractivity contribution in [2.45, 2.75) is 40.0 Å². The first-order chi connectivity index (χ1) is 9.93. The molecule has 1 unspecified atom stereocenters. The van der Waals surface area contributed by atoms with E-state index in [0.717, 1.165) is 24.1 Å². The first kappa shape index (κ1) is 17.5. The van der Waals surface area contributed by atoms with Gasteiger partial charge in [-0.05, 0) is 49.8 Å². The highest BCUT2D eigenvalue weighted by molar-refractivity contribution is 5.77. The number of hydrogen-bond donors (Lipinski definition) is 2. The number of carbonyl (C=O) groups excluding carboxylic acids is 1. The molecule has 4 N–H and O–H groups in total. The minimum absolute atomic E-state index is 0.170. The van der Waals surface area contributed by atoms with Crippen molar-refractivity contribution in [3.05, 3.63) is 29.8 Å².